The van der Waals surface area contributed by atoms with Gasteiger partial charge in [-0.05, 0) is 18.7 Å². The molecule has 104 valence electrons. The summed E-state index contributed by atoms with van der Waals surface area (Å²) in [5.74, 6) is 0.0328. The lowest BCUT2D eigenvalue weighted by atomic mass is 10.2. The van der Waals surface area contributed by atoms with Gasteiger partial charge in [0.15, 0.2) is 0 Å². The van der Waals surface area contributed by atoms with Gasteiger partial charge in [0.25, 0.3) is 0 Å². The van der Waals surface area contributed by atoms with Gasteiger partial charge in [-0.1, -0.05) is 18.2 Å². The van der Waals surface area contributed by atoms with E-state index in [1.54, 1.807) is 0 Å². The summed E-state index contributed by atoms with van der Waals surface area (Å²) in [6.45, 7) is 4.82. The molecule has 0 bridgehead atoms. The van der Waals surface area contributed by atoms with Crippen LogP contribution < -0.4 is 11.1 Å². The lowest BCUT2D eigenvalue weighted by Crippen LogP contribution is -2.47. The number of nitrogens with two attached hydrogens (primary N) is 1. The number of piperazine rings is 1. The monoisotopic (exact) mass is 262 g/mol. The zero-order valence-corrected chi connectivity index (χ0v) is 11.4. The van der Waals surface area contributed by atoms with Gasteiger partial charge < -0.3 is 16.0 Å². The van der Waals surface area contributed by atoms with E-state index >= 15 is 0 Å². The van der Waals surface area contributed by atoms with E-state index in [2.05, 4.69) is 22.2 Å². The molecule has 1 saturated heterocycles. The fourth-order valence-corrected chi connectivity index (χ4v) is 2.22. The molecule has 0 saturated carbocycles. The molecule has 1 aliphatic rings. The van der Waals surface area contributed by atoms with Crippen LogP contribution in [0.1, 0.15) is 5.56 Å². The normalized spacial score (nSPS) is 17.4. The third-order valence-corrected chi connectivity index (χ3v) is 3.47. The molecule has 5 heteroatoms. The molecule has 0 radical (unpaired) electrons. The third-order valence-electron chi connectivity index (χ3n) is 3.47. The molecule has 0 unspecified atom stereocenters. The Morgan fingerprint density at radius 2 is 1.95 bits per heavy atom. The molecule has 1 fully saturated rings. The van der Waals surface area contributed by atoms with Gasteiger partial charge in [-0.3, -0.25) is 9.69 Å². The van der Waals surface area contributed by atoms with Gasteiger partial charge in [-0.15, -0.1) is 0 Å². The molecular formula is C14H22N4O. The molecule has 1 amide bonds. The Morgan fingerprint density at radius 3 is 2.63 bits per heavy atom. The first kappa shape index (κ1) is 14.0. The van der Waals surface area contributed by atoms with Crippen molar-refractivity contribution in [1.29, 1.82) is 0 Å². The van der Waals surface area contributed by atoms with E-state index in [1.165, 1.54) is 0 Å². The van der Waals surface area contributed by atoms with E-state index in [9.17, 15) is 4.79 Å². The number of anilines is 1. The molecule has 0 aliphatic carbocycles. The molecule has 3 N–H and O–H groups in total. The highest BCUT2D eigenvalue weighted by atomic mass is 16.2. The SMILES string of the molecule is CN1CCN(CC(=O)Nc2ccccc2CN)CC1. The summed E-state index contributed by atoms with van der Waals surface area (Å²) in [4.78, 5) is 16.5. The smallest absolute Gasteiger partial charge is 0.238 e. The fraction of sp³-hybridized carbons (Fsp3) is 0.500. The number of benzene rings is 1. The average molecular weight is 262 g/mol. The number of likely N-dealkylation sites (N-methyl/N-ethyl adjacent to an activating group) is 1. The summed E-state index contributed by atoms with van der Waals surface area (Å²) >= 11 is 0. The van der Waals surface area contributed by atoms with Crippen molar-refractivity contribution in [3.8, 4) is 0 Å². The summed E-state index contributed by atoms with van der Waals surface area (Å²) < 4.78 is 0. The van der Waals surface area contributed by atoms with E-state index in [0.717, 1.165) is 37.4 Å². The van der Waals surface area contributed by atoms with Crippen LogP contribution in [0.5, 0.6) is 0 Å². The number of hydrogen-bond donors (Lipinski definition) is 2. The number of rotatable bonds is 4. The molecular weight excluding hydrogens is 240 g/mol. The van der Waals surface area contributed by atoms with Crippen molar-refractivity contribution < 1.29 is 4.79 Å². The zero-order valence-electron chi connectivity index (χ0n) is 11.4. The molecule has 19 heavy (non-hydrogen) atoms. The van der Waals surface area contributed by atoms with Crippen molar-refractivity contribution in [2.45, 2.75) is 6.54 Å². The molecule has 1 aromatic rings. The highest BCUT2D eigenvalue weighted by molar-refractivity contribution is 5.93. The predicted octanol–water partition coefficient (Wildman–Crippen LogP) is 0.331. The van der Waals surface area contributed by atoms with Crippen LogP contribution in [0.3, 0.4) is 0 Å². The van der Waals surface area contributed by atoms with Gasteiger partial charge in [0.05, 0.1) is 6.54 Å². The zero-order chi connectivity index (χ0) is 13.7. The van der Waals surface area contributed by atoms with Gasteiger partial charge in [0.2, 0.25) is 5.91 Å². The van der Waals surface area contributed by atoms with Crippen LogP contribution in [0.2, 0.25) is 0 Å². The minimum atomic E-state index is 0.0328. The molecule has 2 rings (SSSR count). The van der Waals surface area contributed by atoms with Crippen molar-refractivity contribution in [3.05, 3.63) is 29.8 Å². The van der Waals surface area contributed by atoms with Crippen LogP contribution in [0.4, 0.5) is 5.69 Å². The van der Waals surface area contributed by atoms with Crippen molar-refractivity contribution in [2.75, 3.05) is 45.1 Å². The van der Waals surface area contributed by atoms with E-state index in [0.29, 0.717) is 13.1 Å². The van der Waals surface area contributed by atoms with Crippen LogP contribution in [0.25, 0.3) is 0 Å². The maximum atomic E-state index is 12.0. The van der Waals surface area contributed by atoms with Crippen molar-refractivity contribution >= 4 is 11.6 Å². The lowest BCUT2D eigenvalue weighted by molar-refractivity contribution is -0.117. The summed E-state index contributed by atoms with van der Waals surface area (Å²) in [5, 5.41) is 2.95. The van der Waals surface area contributed by atoms with Gasteiger partial charge in [-0.2, -0.15) is 0 Å². The van der Waals surface area contributed by atoms with E-state index < -0.39 is 0 Å². The number of carbonyl (C=O) groups is 1. The van der Waals surface area contributed by atoms with Crippen LogP contribution in [-0.2, 0) is 11.3 Å². The summed E-state index contributed by atoms with van der Waals surface area (Å²) in [6.07, 6.45) is 0. The second kappa shape index (κ2) is 6.65. The molecule has 5 nitrogen and oxygen atoms in total. The quantitative estimate of drug-likeness (QED) is 0.821. The van der Waals surface area contributed by atoms with E-state index in [1.807, 2.05) is 24.3 Å². The maximum absolute atomic E-state index is 12.0. The molecule has 0 aromatic heterocycles. The first-order valence-corrected chi connectivity index (χ1v) is 6.68. The molecule has 1 heterocycles. The first-order chi connectivity index (χ1) is 9.19. The van der Waals surface area contributed by atoms with Crippen molar-refractivity contribution in [3.63, 3.8) is 0 Å². The maximum Gasteiger partial charge on any atom is 0.238 e. The van der Waals surface area contributed by atoms with E-state index in [4.69, 9.17) is 5.73 Å². The third kappa shape index (κ3) is 4.02. The molecule has 1 aliphatic heterocycles. The highest BCUT2D eigenvalue weighted by Crippen LogP contribution is 2.14. The first-order valence-electron chi connectivity index (χ1n) is 6.68. The van der Waals surface area contributed by atoms with Gasteiger partial charge >= 0.3 is 0 Å². The molecule has 0 atom stereocenters. The van der Waals surface area contributed by atoms with Crippen LogP contribution >= 0.6 is 0 Å². The summed E-state index contributed by atoms with van der Waals surface area (Å²) in [5.41, 5.74) is 7.45. The second-order valence-corrected chi connectivity index (χ2v) is 4.99. The minimum absolute atomic E-state index is 0.0328. The van der Waals surface area contributed by atoms with Crippen molar-refractivity contribution in [1.82, 2.24) is 9.80 Å². The average Bonchev–Trinajstić information content (AvgIpc) is 2.42. The number of nitrogens with zero attached hydrogens (tertiary/aromatic N) is 2. The summed E-state index contributed by atoms with van der Waals surface area (Å²) in [6, 6.07) is 7.67. The predicted molar refractivity (Wildman–Crippen MR) is 76.9 cm³/mol. The lowest BCUT2D eigenvalue weighted by Gasteiger charge is -2.31. The standard InChI is InChI=1S/C14H22N4O/c1-17-6-8-18(9-7-17)11-14(19)16-13-5-3-2-4-12(13)10-15/h2-5H,6-11,15H2,1H3,(H,16,19). The number of para-hydroxylation sites is 1. The Bertz CT molecular complexity index is 427. The van der Waals surface area contributed by atoms with E-state index in [-0.39, 0.29) is 5.91 Å². The van der Waals surface area contributed by atoms with Crippen LogP contribution in [-0.4, -0.2) is 55.5 Å². The fourth-order valence-electron chi connectivity index (χ4n) is 2.22. The van der Waals surface area contributed by atoms with Gasteiger partial charge in [-0.25, -0.2) is 0 Å². The van der Waals surface area contributed by atoms with Crippen molar-refractivity contribution in [2.24, 2.45) is 5.73 Å². The van der Waals surface area contributed by atoms with Crippen LogP contribution in [0, 0.1) is 0 Å². The number of nitrogens with one attached hydrogen (secondary N) is 1. The Kier molecular flexibility index (Phi) is 4.90. The molecule has 1 aromatic carbocycles. The Balaban J connectivity index is 1.87. The Hall–Kier alpha value is -1.43. The van der Waals surface area contributed by atoms with Gasteiger partial charge in [0.1, 0.15) is 0 Å². The molecule has 0 spiro atoms. The summed E-state index contributed by atoms with van der Waals surface area (Å²) in [7, 11) is 2.11. The number of amides is 1. The van der Waals surface area contributed by atoms with Gasteiger partial charge in [0, 0.05) is 38.4 Å². The minimum Gasteiger partial charge on any atom is -0.326 e. The largest absolute Gasteiger partial charge is 0.326 e. The number of carbonyl (C=O) groups excluding carboxylic acids is 1. The Labute approximate surface area is 114 Å². The van der Waals surface area contributed by atoms with Crippen LogP contribution in [0.15, 0.2) is 24.3 Å². The Morgan fingerprint density at radius 1 is 1.26 bits per heavy atom. The topological polar surface area (TPSA) is 61.6 Å². The second-order valence-electron chi connectivity index (χ2n) is 4.99. The highest BCUT2D eigenvalue weighted by Gasteiger charge is 2.16. The number of hydrogen-bond acceptors (Lipinski definition) is 4.